The van der Waals surface area contributed by atoms with Crippen molar-refractivity contribution in [1.82, 2.24) is 14.8 Å². The Balaban J connectivity index is 1.53. The van der Waals surface area contributed by atoms with Gasteiger partial charge in [-0.25, -0.2) is 4.68 Å². The van der Waals surface area contributed by atoms with E-state index in [2.05, 4.69) is 15.4 Å². The first kappa shape index (κ1) is 15.4. The van der Waals surface area contributed by atoms with Crippen LogP contribution in [-0.4, -0.2) is 27.3 Å². The fraction of sp³-hybridized carbons (Fsp3) is 0.471. The largest absolute Gasteiger partial charge is 0.492 e. The number of carbonyl (C=O) groups is 1. The van der Waals surface area contributed by atoms with Crippen LogP contribution in [0.25, 0.3) is 0 Å². The van der Waals surface area contributed by atoms with Crippen LogP contribution in [0.1, 0.15) is 41.9 Å². The molecule has 1 aromatic carbocycles. The summed E-state index contributed by atoms with van der Waals surface area (Å²) in [5.41, 5.74) is 0.340. The highest BCUT2D eigenvalue weighted by molar-refractivity contribution is 6.34. The molecule has 0 bridgehead atoms. The Morgan fingerprint density at radius 2 is 2.25 bits per heavy atom. The number of nitrogens with zero attached hydrogens (tertiary/aromatic N) is 3. The van der Waals surface area contributed by atoms with Crippen molar-refractivity contribution in [1.29, 1.82) is 0 Å². The maximum atomic E-state index is 12.7. The van der Waals surface area contributed by atoms with Gasteiger partial charge >= 0.3 is 0 Å². The molecule has 2 aromatic rings. The average molecular weight is 347 g/mol. The zero-order chi connectivity index (χ0) is 16.5. The molecule has 0 spiro atoms. The Hall–Kier alpha value is -2.08. The number of hydrogen-bond acceptors (Lipinski definition) is 4. The minimum atomic E-state index is -0.339. The molecule has 4 rings (SSSR count). The highest BCUT2D eigenvalue weighted by Gasteiger charge is 2.24. The van der Waals surface area contributed by atoms with Gasteiger partial charge in [-0.05, 0) is 43.7 Å². The Labute approximate surface area is 145 Å². The molecule has 6 nitrogen and oxygen atoms in total. The Morgan fingerprint density at radius 3 is 3.04 bits per heavy atom. The van der Waals surface area contributed by atoms with Gasteiger partial charge in [-0.2, -0.15) is 4.98 Å². The van der Waals surface area contributed by atoms with Crippen molar-refractivity contribution >= 4 is 23.5 Å². The lowest BCUT2D eigenvalue weighted by Gasteiger charge is -2.11. The van der Waals surface area contributed by atoms with Crippen LogP contribution in [0.4, 0.5) is 5.95 Å². The number of aromatic nitrogens is 3. The molecule has 1 aliphatic heterocycles. The van der Waals surface area contributed by atoms with Gasteiger partial charge < -0.3 is 4.74 Å². The van der Waals surface area contributed by atoms with Gasteiger partial charge in [0.15, 0.2) is 0 Å². The summed E-state index contributed by atoms with van der Waals surface area (Å²) in [6.07, 6.45) is 5.46. The molecule has 0 unspecified atom stereocenters. The highest BCUT2D eigenvalue weighted by atomic mass is 35.5. The number of ether oxygens (including phenoxy) is 1. The van der Waals surface area contributed by atoms with Gasteiger partial charge in [0.2, 0.25) is 5.95 Å². The number of anilines is 1. The molecular weight excluding hydrogens is 328 g/mol. The number of aryl methyl sites for hydroxylation is 2. The topological polar surface area (TPSA) is 69.0 Å². The number of benzene rings is 1. The zero-order valence-corrected chi connectivity index (χ0v) is 14.1. The van der Waals surface area contributed by atoms with E-state index in [0.29, 0.717) is 34.8 Å². The fourth-order valence-electron chi connectivity index (χ4n) is 2.84. The van der Waals surface area contributed by atoms with E-state index in [9.17, 15) is 4.79 Å². The van der Waals surface area contributed by atoms with Crippen molar-refractivity contribution in [3.05, 3.63) is 34.6 Å². The standard InChI is InChI=1S/C17H19ClN4O2/c18-12-4-3-5-13(24-10-11-7-8-11)15(12)16(23)20-17-19-14-6-1-2-9-22(14)21-17/h3-5,11H,1-2,6-10H2,(H,20,21,23). The van der Waals surface area contributed by atoms with Gasteiger partial charge in [0, 0.05) is 13.0 Å². The SMILES string of the molecule is O=C(Nc1nc2n(n1)CCCC2)c1c(Cl)cccc1OCC1CC1. The van der Waals surface area contributed by atoms with Gasteiger partial charge in [0.05, 0.1) is 11.6 Å². The first-order valence-electron chi connectivity index (χ1n) is 8.37. The van der Waals surface area contributed by atoms with Crippen LogP contribution in [0.15, 0.2) is 18.2 Å². The molecule has 1 aliphatic carbocycles. The third-order valence-electron chi connectivity index (χ3n) is 4.37. The average Bonchev–Trinajstić information content (AvgIpc) is 3.31. The van der Waals surface area contributed by atoms with E-state index in [4.69, 9.17) is 16.3 Å². The van der Waals surface area contributed by atoms with Crippen LogP contribution in [0.5, 0.6) is 5.75 Å². The molecule has 1 N–H and O–H groups in total. The predicted octanol–water partition coefficient (Wildman–Crippen LogP) is 3.31. The van der Waals surface area contributed by atoms with Crippen LogP contribution in [0, 0.1) is 5.92 Å². The molecule has 1 amide bonds. The minimum absolute atomic E-state index is 0.324. The molecule has 1 aromatic heterocycles. The van der Waals surface area contributed by atoms with Gasteiger partial charge in [-0.3, -0.25) is 10.1 Å². The molecule has 126 valence electrons. The van der Waals surface area contributed by atoms with Crippen LogP contribution >= 0.6 is 11.6 Å². The van der Waals surface area contributed by atoms with Gasteiger partial charge in [-0.15, -0.1) is 5.10 Å². The number of carbonyl (C=O) groups excluding carboxylic acids is 1. The molecule has 0 radical (unpaired) electrons. The van der Waals surface area contributed by atoms with E-state index >= 15 is 0 Å². The molecule has 0 saturated heterocycles. The van der Waals surface area contributed by atoms with Gasteiger partial charge in [0.25, 0.3) is 5.91 Å². The molecule has 7 heteroatoms. The second-order valence-electron chi connectivity index (χ2n) is 6.35. The third kappa shape index (κ3) is 3.24. The lowest BCUT2D eigenvalue weighted by atomic mass is 10.2. The van der Waals surface area contributed by atoms with Crippen molar-refractivity contribution in [3.8, 4) is 5.75 Å². The third-order valence-corrected chi connectivity index (χ3v) is 4.68. The van der Waals surface area contributed by atoms with Gasteiger partial charge in [0.1, 0.15) is 17.1 Å². The second-order valence-corrected chi connectivity index (χ2v) is 6.76. The molecule has 0 atom stereocenters. The molecule has 1 saturated carbocycles. The summed E-state index contributed by atoms with van der Waals surface area (Å²) in [4.78, 5) is 17.1. The van der Waals surface area contributed by atoms with Crippen LogP contribution in [0.2, 0.25) is 5.02 Å². The summed E-state index contributed by atoms with van der Waals surface area (Å²) in [6.45, 7) is 1.47. The Bertz CT molecular complexity index is 746. The van der Waals surface area contributed by atoms with Crippen molar-refractivity contribution < 1.29 is 9.53 Å². The molecule has 24 heavy (non-hydrogen) atoms. The molecule has 2 aliphatic rings. The summed E-state index contributed by atoms with van der Waals surface area (Å²) in [6, 6.07) is 5.25. The summed E-state index contributed by atoms with van der Waals surface area (Å²) in [5.74, 6) is 2.01. The molecular formula is C17H19ClN4O2. The van der Waals surface area contributed by atoms with E-state index in [1.165, 1.54) is 12.8 Å². The summed E-state index contributed by atoms with van der Waals surface area (Å²) in [7, 11) is 0. The predicted molar refractivity (Wildman–Crippen MR) is 90.6 cm³/mol. The lowest BCUT2D eigenvalue weighted by molar-refractivity contribution is 0.102. The number of halogens is 1. The lowest BCUT2D eigenvalue weighted by Crippen LogP contribution is -2.16. The number of hydrogen-bond donors (Lipinski definition) is 1. The summed E-state index contributed by atoms with van der Waals surface area (Å²) in [5, 5.41) is 7.47. The summed E-state index contributed by atoms with van der Waals surface area (Å²) >= 11 is 6.24. The minimum Gasteiger partial charge on any atom is -0.492 e. The highest BCUT2D eigenvalue weighted by Crippen LogP contribution is 2.32. The van der Waals surface area contributed by atoms with Crippen molar-refractivity contribution in [2.75, 3.05) is 11.9 Å². The van der Waals surface area contributed by atoms with Crippen LogP contribution < -0.4 is 10.1 Å². The molecule has 1 fully saturated rings. The maximum absolute atomic E-state index is 12.7. The number of rotatable bonds is 5. The Morgan fingerprint density at radius 1 is 1.38 bits per heavy atom. The zero-order valence-electron chi connectivity index (χ0n) is 13.3. The Kier molecular flexibility index (Phi) is 4.14. The van der Waals surface area contributed by atoms with E-state index < -0.39 is 0 Å². The quantitative estimate of drug-likeness (QED) is 0.901. The monoisotopic (exact) mass is 346 g/mol. The first-order chi connectivity index (χ1) is 11.7. The number of fused-ring (bicyclic) bond motifs is 1. The smallest absolute Gasteiger partial charge is 0.263 e. The first-order valence-corrected chi connectivity index (χ1v) is 8.75. The van der Waals surface area contributed by atoms with E-state index in [1.807, 2.05) is 4.68 Å². The van der Waals surface area contributed by atoms with E-state index in [1.54, 1.807) is 18.2 Å². The fourth-order valence-corrected chi connectivity index (χ4v) is 3.09. The number of nitrogens with one attached hydrogen (secondary N) is 1. The van der Waals surface area contributed by atoms with E-state index in [0.717, 1.165) is 31.6 Å². The van der Waals surface area contributed by atoms with E-state index in [-0.39, 0.29) is 5.91 Å². The van der Waals surface area contributed by atoms with Crippen LogP contribution in [0.3, 0.4) is 0 Å². The van der Waals surface area contributed by atoms with Crippen molar-refractivity contribution in [2.45, 2.75) is 38.6 Å². The summed E-state index contributed by atoms with van der Waals surface area (Å²) < 4.78 is 7.65. The normalized spacial score (nSPS) is 16.5. The second kappa shape index (κ2) is 6.43. The van der Waals surface area contributed by atoms with Crippen molar-refractivity contribution in [2.24, 2.45) is 5.92 Å². The maximum Gasteiger partial charge on any atom is 0.263 e. The number of amides is 1. The van der Waals surface area contributed by atoms with Crippen LogP contribution in [-0.2, 0) is 13.0 Å². The van der Waals surface area contributed by atoms with Gasteiger partial charge in [-0.1, -0.05) is 17.7 Å². The molecule has 2 heterocycles. The van der Waals surface area contributed by atoms with Crippen molar-refractivity contribution in [3.63, 3.8) is 0 Å².